The molecule has 0 aliphatic carbocycles. The normalized spacial score (nSPS) is 16.7. The molecule has 1 aromatic carbocycles. The molecule has 1 aliphatic rings. The van der Waals surface area contributed by atoms with E-state index < -0.39 is 30.1 Å². The molecule has 1 saturated heterocycles. The number of esters is 1. The fourth-order valence-electron chi connectivity index (χ4n) is 3.10. The van der Waals surface area contributed by atoms with Crippen molar-refractivity contribution in [3.05, 3.63) is 35.9 Å². The number of methoxy groups -OCH3 is 1. The standard InChI is InChI=1S/C20H25N3O5/c1-27-19(25)16(10-5-6-12-21)22-18(24)17-11-7-13-23(17)20(26)28-14-15-8-3-2-4-9-15/h2-4,8-9,16-17H,5-7,10-11,13-14H2,1H3,(H,22,24)/t16-,17+/m0/s1. The number of hydrogen-bond donors (Lipinski definition) is 1. The third-order valence-corrected chi connectivity index (χ3v) is 4.58. The molecule has 0 bridgehead atoms. The van der Waals surface area contributed by atoms with Gasteiger partial charge in [-0.2, -0.15) is 5.26 Å². The summed E-state index contributed by atoms with van der Waals surface area (Å²) in [7, 11) is 1.24. The number of nitriles is 1. The topological polar surface area (TPSA) is 109 Å². The Bertz CT molecular complexity index is 716. The summed E-state index contributed by atoms with van der Waals surface area (Å²) in [5, 5.41) is 11.3. The van der Waals surface area contributed by atoms with Gasteiger partial charge in [0, 0.05) is 13.0 Å². The average Bonchev–Trinajstić information content (AvgIpc) is 3.21. The zero-order valence-electron chi connectivity index (χ0n) is 15.9. The lowest BCUT2D eigenvalue weighted by atomic mass is 10.1. The van der Waals surface area contributed by atoms with Crippen molar-refractivity contribution in [2.75, 3.05) is 13.7 Å². The molecule has 150 valence electrons. The first kappa shape index (κ1) is 21.2. The van der Waals surface area contributed by atoms with Crippen molar-refractivity contribution in [1.82, 2.24) is 10.2 Å². The van der Waals surface area contributed by atoms with Crippen LogP contribution in [-0.2, 0) is 25.7 Å². The summed E-state index contributed by atoms with van der Waals surface area (Å²) in [6, 6.07) is 9.76. The van der Waals surface area contributed by atoms with Gasteiger partial charge in [-0.1, -0.05) is 30.3 Å². The molecule has 2 amide bonds. The van der Waals surface area contributed by atoms with Gasteiger partial charge in [0.25, 0.3) is 0 Å². The summed E-state index contributed by atoms with van der Waals surface area (Å²) in [6.07, 6.45) is 1.67. The molecule has 2 atom stereocenters. The quantitative estimate of drug-likeness (QED) is 0.541. The molecule has 1 aliphatic heterocycles. The minimum Gasteiger partial charge on any atom is -0.467 e. The Hall–Kier alpha value is -3.08. The van der Waals surface area contributed by atoms with Crippen LogP contribution in [0.5, 0.6) is 0 Å². The predicted octanol–water partition coefficient (Wildman–Crippen LogP) is 2.14. The molecule has 0 saturated carbocycles. The highest BCUT2D eigenvalue weighted by molar-refractivity contribution is 5.90. The van der Waals surface area contributed by atoms with E-state index in [1.54, 1.807) is 0 Å². The van der Waals surface area contributed by atoms with Gasteiger partial charge in [0.05, 0.1) is 13.2 Å². The highest BCUT2D eigenvalue weighted by Gasteiger charge is 2.36. The Morgan fingerprint density at radius 2 is 2.07 bits per heavy atom. The maximum absolute atomic E-state index is 12.7. The number of unbranched alkanes of at least 4 members (excludes halogenated alkanes) is 1. The van der Waals surface area contributed by atoms with E-state index in [1.807, 2.05) is 36.4 Å². The third-order valence-electron chi connectivity index (χ3n) is 4.58. The van der Waals surface area contributed by atoms with Crippen LogP contribution in [0.15, 0.2) is 30.3 Å². The van der Waals surface area contributed by atoms with Crippen molar-refractivity contribution >= 4 is 18.0 Å². The van der Waals surface area contributed by atoms with Crippen LogP contribution in [0.3, 0.4) is 0 Å². The monoisotopic (exact) mass is 387 g/mol. The fourth-order valence-corrected chi connectivity index (χ4v) is 3.10. The average molecular weight is 387 g/mol. The van der Waals surface area contributed by atoms with Crippen LogP contribution in [0.1, 0.15) is 37.7 Å². The number of amides is 2. The Kier molecular flexibility index (Phi) is 8.28. The number of carbonyl (C=O) groups excluding carboxylic acids is 3. The van der Waals surface area contributed by atoms with Crippen LogP contribution in [0.4, 0.5) is 4.79 Å². The van der Waals surface area contributed by atoms with Crippen molar-refractivity contribution in [2.45, 2.75) is 50.8 Å². The zero-order valence-corrected chi connectivity index (χ0v) is 15.9. The van der Waals surface area contributed by atoms with Gasteiger partial charge in [0.15, 0.2) is 0 Å². The second-order valence-electron chi connectivity index (χ2n) is 6.53. The van der Waals surface area contributed by atoms with Gasteiger partial charge >= 0.3 is 12.1 Å². The summed E-state index contributed by atoms with van der Waals surface area (Å²) in [5.74, 6) is -0.982. The van der Waals surface area contributed by atoms with E-state index in [2.05, 4.69) is 5.32 Å². The Labute approximate surface area is 164 Å². The van der Waals surface area contributed by atoms with Crippen LogP contribution in [0, 0.1) is 11.3 Å². The van der Waals surface area contributed by atoms with Gasteiger partial charge in [-0.25, -0.2) is 9.59 Å². The minimum absolute atomic E-state index is 0.128. The molecule has 1 fully saturated rings. The lowest BCUT2D eigenvalue weighted by molar-refractivity contribution is -0.145. The molecule has 1 N–H and O–H groups in total. The molecule has 0 unspecified atom stereocenters. The Morgan fingerprint density at radius 1 is 1.32 bits per heavy atom. The summed E-state index contributed by atoms with van der Waals surface area (Å²) in [6.45, 7) is 0.548. The van der Waals surface area contributed by atoms with Gasteiger partial charge in [0.1, 0.15) is 18.7 Å². The first-order valence-electron chi connectivity index (χ1n) is 9.29. The lowest BCUT2D eigenvalue weighted by Gasteiger charge is -2.25. The summed E-state index contributed by atoms with van der Waals surface area (Å²) >= 11 is 0. The SMILES string of the molecule is COC(=O)[C@H](CCCC#N)NC(=O)[C@H]1CCCN1C(=O)OCc1ccccc1. The summed E-state index contributed by atoms with van der Waals surface area (Å²) in [4.78, 5) is 38.4. The van der Waals surface area contributed by atoms with Crippen LogP contribution in [0.2, 0.25) is 0 Å². The molecule has 0 radical (unpaired) electrons. The first-order valence-corrected chi connectivity index (χ1v) is 9.29. The van der Waals surface area contributed by atoms with Crippen molar-refractivity contribution in [3.63, 3.8) is 0 Å². The van der Waals surface area contributed by atoms with Crippen LogP contribution in [-0.4, -0.2) is 48.6 Å². The Balaban J connectivity index is 1.93. The molecule has 28 heavy (non-hydrogen) atoms. The van der Waals surface area contributed by atoms with E-state index in [9.17, 15) is 14.4 Å². The minimum atomic E-state index is -0.839. The predicted molar refractivity (Wildman–Crippen MR) is 99.8 cm³/mol. The highest BCUT2D eigenvalue weighted by atomic mass is 16.6. The number of nitrogens with one attached hydrogen (secondary N) is 1. The molecule has 2 rings (SSSR count). The molecule has 0 spiro atoms. The largest absolute Gasteiger partial charge is 0.467 e. The zero-order chi connectivity index (χ0) is 20.4. The number of carbonyl (C=O) groups is 3. The van der Waals surface area contributed by atoms with Crippen molar-refractivity contribution in [1.29, 1.82) is 5.26 Å². The maximum Gasteiger partial charge on any atom is 0.410 e. The second-order valence-corrected chi connectivity index (χ2v) is 6.53. The van der Waals surface area contributed by atoms with Gasteiger partial charge in [-0.3, -0.25) is 9.69 Å². The maximum atomic E-state index is 12.7. The fraction of sp³-hybridized carbons (Fsp3) is 0.500. The third kappa shape index (κ3) is 5.98. The molecular formula is C20H25N3O5. The number of nitrogens with zero attached hydrogens (tertiary/aromatic N) is 2. The molecular weight excluding hydrogens is 362 g/mol. The smallest absolute Gasteiger partial charge is 0.410 e. The van der Waals surface area contributed by atoms with Gasteiger partial charge in [-0.15, -0.1) is 0 Å². The highest BCUT2D eigenvalue weighted by Crippen LogP contribution is 2.19. The number of benzene rings is 1. The van der Waals surface area contributed by atoms with Crippen LogP contribution < -0.4 is 5.32 Å². The van der Waals surface area contributed by atoms with Crippen LogP contribution >= 0.6 is 0 Å². The number of rotatable bonds is 8. The molecule has 1 heterocycles. The van der Waals surface area contributed by atoms with Crippen LogP contribution in [0.25, 0.3) is 0 Å². The van der Waals surface area contributed by atoms with Gasteiger partial charge in [0.2, 0.25) is 5.91 Å². The van der Waals surface area contributed by atoms with Crippen molar-refractivity contribution < 1.29 is 23.9 Å². The van der Waals surface area contributed by atoms with E-state index >= 15 is 0 Å². The van der Waals surface area contributed by atoms with E-state index in [0.717, 1.165) is 5.56 Å². The molecule has 8 nitrogen and oxygen atoms in total. The van der Waals surface area contributed by atoms with Crippen molar-refractivity contribution in [3.8, 4) is 6.07 Å². The van der Waals surface area contributed by atoms with Gasteiger partial charge in [-0.05, 0) is 31.2 Å². The van der Waals surface area contributed by atoms with E-state index in [-0.39, 0.29) is 13.0 Å². The Morgan fingerprint density at radius 3 is 2.75 bits per heavy atom. The van der Waals surface area contributed by atoms with E-state index in [0.29, 0.717) is 32.2 Å². The van der Waals surface area contributed by atoms with Gasteiger partial charge < -0.3 is 14.8 Å². The number of ether oxygens (including phenoxy) is 2. The van der Waals surface area contributed by atoms with Crippen molar-refractivity contribution in [2.24, 2.45) is 0 Å². The second kappa shape index (κ2) is 10.9. The van der Waals surface area contributed by atoms with E-state index in [4.69, 9.17) is 14.7 Å². The summed E-state index contributed by atoms with van der Waals surface area (Å²) in [5.41, 5.74) is 0.860. The summed E-state index contributed by atoms with van der Waals surface area (Å²) < 4.78 is 10.1. The lowest BCUT2D eigenvalue weighted by Crippen LogP contribution is -2.51. The van der Waals surface area contributed by atoms with E-state index in [1.165, 1.54) is 12.0 Å². The molecule has 8 heteroatoms. The molecule has 1 aromatic rings. The number of hydrogen-bond acceptors (Lipinski definition) is 6. The molecule has 0 aromatic heterocycles. The number of likely N-dealkylation sites (tertiary alicyclic amines) is 1. The first-order chi connectivity index (χ1) is 13.6.